The molecule has 2 aromatic heterocycles. The summed E-state index contributed by atoms with van der Waals surface area (Å²) in [5, 5.41) is 7.22. The molecule has 0 bridgehead atoms. The summed E-state index contributed by atoms with van der Waals surface area (Å²) < 4.78 is 5.51. The number of nitrogens with zero attached hydrogens (tertiary/aromatic N) is 3. The molecule has 1 atom stereocenters. The van der Waals surface area contributed by atoms with Crippen LogP contribution in [0, 0.1) is 0 Å². The van der Waals surface area contributed by atoms with E-state index in [1.54, 1.807) is 36.9 Å². The molecular weight excluding hydrogens is 402 g/mol. The Labute approximate surface area is 180 Å². The van der Waals surface area contributed by atoms with Crippen molar-refractivity contribution in [2.45, 2.75) is 6.17 Å². The first-order valence-corrected chi connectivity index (χ1v) is 10.1. The molecule has 1 amide bonds. The number of carbonyl (C=O) groups is 1. The van der Waals surface area contributed by atoms with Crippen LogP contribution in [0.1, 0.15) is 22.1 Å². The van der Waals surface area contributed by atoms with Gasteiger partial charge in [0.1, 0.15) is 6.17 Å². The predicted octanol–water partition coefficient (Wildman–Crippen LogP) is 3.63. The normalized spacial score (nSPS) is 15.4. The molecule has 0 spiro atoms. The van der Waals surface area contributed by atoms with E-state index in [-0.39, 0.29) is 12.1 Å². The number of ether oxygens (including phenoxy) is 1. The highest BCUT2D eigenvalue weighted by Gasteiger charge is 2.27. The van der Waals surface area contributed by atoms with Gasteiger partial charge in [-0.3, -0.25) is 19.7 Å². The van der Waals surface area contributed by atoms with E-state index in [0.29, 0.717) is 36.9 Å². The van der Waals surface area contributed by atoms with E-state index in [4.69, 9.17) is 16.3 Å². The van der Waals surface area contributed by atoms with Crippen LogP contribution in [0.25, 0.3) is 0 Å². The van der Waals surface area contributed by atoms with Crippen LogP contribution in [0.5, 0.6) is 0 Å². The maximum absolute atomic E-state index is 12.9. The van der Waals surface area contributed by atoms with E-state index in [9.17, 15) is 4.79 Å². The predicted molar refractivity (Wildman–Crippen MR) is 116 cm³/mol. The van der Waals surface area contributed by atoms with Crippen molar-refractivity contribution in [2.75, 3.05) is 31.6 Å². The number of rotatable bonds is 6. The van der Waals surface area contributed by atoms with Gasteiger partial charge in [0, 0.05) is 48.0 Å². The highest BCUT2D eigenvalue weighted by atomic mass is 35.5. The number of nitrogens with one attached hydrogen (secondary N) is 2. The summed E-state index contributed by atoms with van der Waals surface area (Å²) in [6.07, 6.45) is 6.34. The molecule has 0 aliphatic carbocycles. The summed E-state index contributed by atoms with van der Waals surface area (Å²) >= 11 is 6.00. The molecule has 1 unspecified atom stereocenters. The van der Waals surface area contributed by atoms with Gasteiger partial charge in [-0.15, -0.1) is 0 Å². The van der Waals surface area contributed by atoms with Crippen LogP contribution < -0.4 is 10.6 Å². The maximum atomic E-state index is 12.9. The molecule has 1 fully saturated rings. The number of morpholine rings is 1. The lowest BCUT2D eigenvalue weighted by Crippen LogP contribution is -2.46. The Morgan fingerprint density at radius 1 is 1.03 bits per heavy atom. The summed E-state index contributed by atoms with van der Waals surface area (Å²) in [6.45, 7) is 2.65. The van der Waals surface area contributed by atoms with Crippen LogP contribution in [0.3, 0.4) is 0 Å². The fraction of sp³-hybridized carbons (Fsp3) is 0.227. The van der Waals surface area contributed by atoms with Crippen molar-refractivity contribution < 1.29 is 9.53 Å². The van der Waals surface area contributed by atoms with Crippen LogP contribution in [0.4, 0.5) is 11.4 Å². The number of pyridine rings is 2. The Morgan fingerprint density at radius 2 is 1.80 bits per heavy atom. The molecule has 30 heavy (non-hydrogen) atoms. The minimum Gasteiger partial charge on any atom is -0.379 e. The molecule has 1 aliphatic heterocycles. The Morgan fingerprint density at radius 3 is 2.53 bits per heavy atom. The van der Waals surface area contributed by atoms with E-state index >= 15 is 0 Å². The third kappa shape index (κ3) is 4.94. The fourth-order valence-electron chi connectivity index (χ4n) is 3.34. The molecule has 1 aromatic carbocycles. The molecule has 1 saturated heterocycles. The van der Waals surface area contributed by atoms with Crippen molar-refractivity contribution in [1.82, 2.24) is 20.2 Å². The number of amides is 1. The lowest BCUT2D eigenvalue weighted by molar-refractivity contribution is 0.00861. The Kier molecular flexibility index (Phi) is 6.53. The first-order chi connectivity index (χ1) is 14.7. The molecular formula is C22H22ClN5O2. The highest BCUT2D eigenvalue weighted by molar-refractivity contribution is 6.30. The molecule has 3 aromatic rings. The van der Waals surface area contributed by atoms with Gasteiger partial charge in [0.05, 0.1) is 30.7 Å². The summed E-state index contributed by atoms with van der Waals surface area (Å²) in [4.78, 5) is 23.4. The van der Waals surface area contributed by atoms with Crippen molar-refractivity contribution in [3.63, 3.8) is 0 Å². The molecule has 7 nitrogen and oxygen atoms in total. The van der Waals surface area contributed by atoms with Gasteiger partial charge in [0.25, 0.3) is 5.91 Å². The lowest BCUT2D eigenvalue weighted by atomic mass is 10.1. The zero-order chi connectivity index (χ0) is 20.8. The van der Waals surface area contributed by atoms with Crippen molar-refractivity contribution in [3.05, 3.63) is 83.4 Å². The second-order valence-electron chi connectivity index (χ2n) is 6.86. The summed E-state index contributed by atoms with van der Waals surface area (Å²) in [5.41, 5.74) is 3.12. The molecule has 0 radical (unpaired) electrons. The highest BCUT2D eigenvalue weighted by Crippen LogP contribution is 2.29. The SMILES string of the molecule is O=C(NC(c1ccncc1Nc1ccc(Cl)cc1)N1CCOCC1)c1cccnc1. The average molecular weight is 424 g/mol. The van der Waals surface area contributed by atoms with Gasteiger partial charge in [0.15, 0.2) is 0 Å². The van der Waals surface area contributed by atoms with E-state index in [1.165, 1.54) is 0 Å². The van der Waals surface area contributed by atoms with Crippen molar-refractivity contribution in [2.24, 2.45) is 0 Å². The molecule has 8 heteroatoms. The molecule has 2 N–H and O–H groups in total. The molecule has 154 valence electrons. The van der Waals surface area contributed by atoms with Crippen LogP contribution >= 0.6 is 11.6 Å². The minimum absolute atomic E-state index is 0.186. The quantitative estimate of drug-likeness (QED) is 0.630. The molecule has 1 aliphatic rings. The largest absolute Gasteiger partial charge is 0.379 e. The molecule has 3 heterocycles. The number of carbonyl (C=O) groups excluding carboxylic acids is 1. The summed E-state index contributed by atoms with van der Waals surface area (Å²) in [5.74, 6) is -0.186. The smallest absolute Gasteiger partial charge is 0.254 e. The summed E-state index contributed by atoms with van der Waals surface area (Å²) in [6, 6.07) is 12.9. The fourth-order valence-corrected chi connectivity index (χ4v) is 3.47. The zero-order valence-electron chi connectivity index (χ0n) is 16.3. The van der Waals surface area contributed by atoms with Crippen molar-refractivity contribution in [1.29, 1.82) is 0 Å². The number of anilines is 2. The van der Waals surface area contributed by atoms with Crippen molar-refractivity contribution >= 4 is 28.9 Å². The Bertz CT molecular complexity index is 978. The number of hydrogen-bond acceptors (Lipinski definition) is 6. The number of benzene rings is 1. The summed E-state index contributed by atoms with van der Waals surface area (Å²) in [7, 11) is 0. The molecule has 0 saturated carbocycles. The first-order valence-electron chi connectivity index (χ1n) is 9.70. The minimum atomic E-state index is -0.348. The van der Waals surface area contributed by atoms with Crippen LogP contribution in [-0.4, -0.2) is 47.1 Å². The van der Waals surface area contributed by atoms with Gasteiger partial charge in [-0.2, -0.15) is 0 Å². The van der Waals surface area contributed by atoms with Gasteiger partial charge in [-0.1, -0.05) is 11.6 Å². The van der Waals surface area contributed by atoms with Crippen LogP contribution in [-0.2, 0) is 4.74 Å². The second kappa shape index (κ2) is 9.67. The number of halogens is 1. The van der Waals surface area contributed by atoms with Crippen molar-refractivity contribution in [3.8, 4) is 0 Å². The number of hydrogen-bond donors (Lipinski definition) is 2. The van der Waals surface area contributed by atoms with Gasteiger partial charge >= 0.3 is 0 Å². The zero-order valence-corrected chi connectivity index (χ0v) is 17.0. The third-order valence-corrected chi connectivity index (χ3v) is 5.13. The van der Waals surface area contributed by atoms with E-state index in [2.05, 4.69) is 25.5 Å². The number of aromatic nitrogens is 2. The molecule has 4 rings (SSSR count). The van der Waals surface area contributed by atoms with Gasteiger partial charge in [0.2, 0.25) is 0 Å². The third-order valence-electron chi connectivity index (χ3n) is 4.87. The topological polar surface area (TPSA) is 79.4 Å². The Hall–Kier alpha value is -3.00. The lowest BCUT2D eigenvalue weighted by Gasteiger charge is -2.36. The first kappa shape index (κ1) is 20.3. The van der Waals surface area contributed by atoms with Gasteiger partial charge in [-0.25, -0.2) is 0 Å². The monoisotopic (exact) mass is 423 g/mol. The maximum Gasteiger partial charge on any atom is 0.254 e. The van der Waals surface area contributed by atoms with Gasteiger partial charge < -0.3 is 15.4 Å². The Balaban J connectivity index is 1.64. The van der Waals surface area contributed by atoms with Crippen LogP contribution in [0.2, 0.25) is 5.02 Å². The van der Waals surface area contributed by atoms with Crippen LogP contribution in [0.15, 0.2) is 67.3 Å². The standard InChI is InChI=1S/C22H22ClN5O2/c23-17-3-5-18(6-4-17)26-20-15-25-9-7-19(20)21(28-10-12-30-13-11-28)27-22(29)16-2-1-8-24-14-16/h1-9,14-15,21,26H,10-13H2,(H,27,29). The second-order valence-corrected chi connectivity index (χ2v) is 7.30. The van der Waals surface area contributed by atoms with E-state index in [0.717, 1.165) is 16.9 Å². The van der Waals surface area contributed by atoms with Gasteiger partial charge in [-0.05, 0) is 42.5 Å². The van der Waals surface area contributed by atoms with E-state index in [1.807, 2.05) is 30.3 Å². The van der Waals surface area contributed by atoms with E-state index < -0.39 is 0 Å². The average Bonchev–Trinajstić information content (AvgIpc) is 2.80.